The molecule has 3 N–H and O–H groups in total. The highest BCUT2D eigenvalue weighted by Crippen LogP contribution is 2.37. The Kier molecular flexibility index (Phi) is 3.74. The van der Waals surface area contributed by atoms with Crippen LogP contribution in [0.1, 0.15) is 29.6 Å². The molecule has 0 bridgehead atoms. The van der Waals surface area contributed by atoms with Crippen molar-refractivity contribution in [2.75, 3.05) is 19.6 Å². The summed E-state index contributed by atoms with van der Waals surface area (Å²) in [5.41, 5.74) is -0.801. The first-order chi connectivity index (χ1) is 10.5. The largest absolute Gasteiger partial charge is 0.392 e. The van der Waals surface area contributed by atoms with E-state index in [1.807, 2.05) is 0 Å². The van der Waals surface area contributed by atoms with Gasteiger partial charge in [-0.3, -0.25) is 14.4 Å². The zero-order chi connectivity index (χ0) is 15.7. The number of likely N-dealkylation sites (tertiary alicyclic amines) is 1. The van der Waals surface area contributed by atoms with Gasteiger partial charge in [0.2, 0.25) is 11.5 Å². The van der Waals surface area contributed by atoms with Gasteiger partial charge in [0, 0.05) is 31.9 Å². The smallest absolute Gasteiger partial charge is 0.255 e. The number of hydrogen-bond donors (Lipinski definition) is 3. The summed E-state index contributed by atoms with van der Waals surface area (Å²) in [5, 5.41) is 13.1. The summed E-state index contributed by atoms with van der Waals surface area (Å²) in [5.74, 6) is -0.411. The molecule has 0 aliphatic carbocycles. The van der Waals surface area contributed by atoms with Crippen LogP contribution in [0.25, 0.3) is 0 Å². The molecule has 2 fully saturated rings. The van der Waals surface area contributed by atoms with Gasteiger partial charge in [-0.2, -0.15) is 0 Å². The molecule has 0 radical (unpaired) electrons. The van der Waals surface area contributed by atoms with Crippen molar-refractivity contribution in [1.82, 2.24) is 15.2 Å². The van der Waals surface area contributed by atoms with Crippen LogP contribution in [0.3, 0.4) is 0 Å². The fourth-order valence-corrected chi connectivity index (χ4v) is 3.34. The maximum atomic E-state index is 12.5. The van der Waals surface area contributed by atoms with Crippen molar-refractivity contribution < 1.29 is 14.7 Å². The molecular formula is C15H19N3O4. The van der Waals surface area contributed by atoms with E-state index in [9.17, 15) is 19.5 Å². The normalized spacial score (nSPS) is 28.5. The fraction of sp³-hybridized carbons (Fsp3) is 0.533. The van der Waals surface area contributed by atoms with E-state index in [4.69, 9.17) is 0 Å². The molecule has 2 amide bonds. The number of carbonyl (C=O) groups excluding carboxylic acids is 2. The lowest BCUT2D eigenvalue weighted by Crippen LogP contribution is -2.62. The number of piperidine rings is 2. The topological polar surface area (TPSA) is 102 Å². The molecule has 3 rings (SSSR count). The van der Waals surface area contributed by atoms with Crippen molar-refractivity contribution in [2.24, 2.45) is 5.41 Å². The first-order valence-electron chi connectivity index (χ1n) is 7.47. The van der Waals surface area contributed by atoms with Crippen LogP contribution >= 0.6 is 0 Å². The number of carbonyl (C=O) groups is 2. The minimum Gasteiger partial charge on any atom is -0.392 e. The second-order valence-electron chi connectivity index (χ2n) is 5.99. The number of aromatic nitrogens is 1. The van der Waals surface area contributed by atoms with Crippen molar-refractivity contribution in [3.8, 4) is 0 Å². The molecule has 3 heterocycles. The third-order valence-corrected chi connectivity index (χ3v) is 4.64. The molecule has 2 atom stereocenters. The standard InChI is InChI=1S/C15H19N3O4/c19-11-4-7-18(9-15(11)5-1-6-16-14(15)22)13(21)10-2-3-12(20)17-8-10/h2-3,8,11,19H,1,4-7,9H2,(H,16,22)(H,17,20)/t11-,15-/m1/s1. The van der Waals surface area contributed by atoms with Crippen molar-refractivity contribution in [3.63, 3.8) is 0 Å². The first-order valence-corrected chi connectivity index (χ1v) is 7.47. The van der Waals surface area contributed by atoms with E-state index in [1.54, 1.807) is 4.90 Å². The van der Waals surface area contributed by atoms with Crippen LogP contribution in [0.5, 0.6) is 0 Å². The van der Waals surface area contributed by atoms with Gasteiger partial charge < -0.3 is 20.3 Å². The van der Waals surface area contributed by atoms with Crippen LogP contribution in [0, 0.1) is 5.41 Å². The van der Waals surface area contributed by atoms with E-state index >= 15 is 0 Å². The lowest BCUT2D eigenvalue weighted by atomic mass is 9.71. The van der Waals surface area contributed by atoms with Crippen LogP contribution < -0.4 is 10.9 Å². The van der Waals surface area contributed by atoms with Crippen molar-refractivity contribution in [2.45, 2.75) is 25.4 Å². The van der Waals surface area contributed by atoms with Gasteiger partial charge in [-0.15, -0.1) is 0 Å². The molecule has 2 aliphatic rings. The Balaban J connectivity index is 1.83. The predicted octanol–water partition coefficient (Wildman–Crippen LogP) is -0.522. The number of aliphatic hydroxyl groups is 1. The summed E-state index contributed by atoms with van der Waals surface area (Å²) in [4.78, 5) is 40.0. The molecule has 1 spiro atoms. The maximum Gasteiger partial charge on any atom is 0.255 e. The third-order valence-electron chi connectivity index (χ3n) is 4.64. The van der Waals surface area contributed by atoms with Crippen LogP contribution in [0.15, 0.2) is 23.1 Å². The van der Waals surface area contributed by atoms with Gasteiger partial charge in [-0.1, -0.05) is 0 Å². The quantitative estimate of drug-likeness (QED) is 0.649. The van der Waals surface area contributed by atoms with Gasteiger partial charge >= 0.3 is 0 Å². The number of aliphatic hydroxyl groups excluding tert-OH is 1. The van der Waals surface area contributed by atoms with E-state index in [1.165, 1.54) is 18.3 Å². The molecule has 7 nitrogen and oxygen atoms in total. The van der Waals surface area contributed by atoms with Crippen molar-refractivity contribution in [3.05, 3.63) is 34.2 Å². The maximum absolute atomic E-state index is 12.5. The van der Waals surface area contributed by atoms with E-state index in [2.05, 4.69) is 10.3 Å². The fourth-order valence-electron chi connectivity index (χ4n) is 3.34. The minimum absolute atomic E-state index is 0.176. The number of pyridine rings is 1. The van der Waals surface area contributed by atoms with Gasteiger partial charge in [-0.25, -0.2) is 0 Å². The average molecular weight is 305 g/mol. The van der Waals surface area contributed by atoms with Gasteiger partial charge in [0.25, 0.3) is 5.91 Å². The monoisotopic (exact) mass is 305 g/mol. The summed E-state index contributed by atoms with van der Waals surface area (Å²) in [7, 11) is 0. The Bertz CT molecular complexity index is 636. The summed E-state index contributed by atoms with van der Waals surface area (Å²) in [6.45, 7) is 1.22. The molecule has 118 valence electrons. The molecule has 2 saturated heterocycles. The second-order valence-corrected chi connectivity index (χ2v) is 5.99. The van der Waals surface area contributed by atoms with Gasteiger partial charge in [0.1, 0.15) is 0 Å². The molecule has 0 saturated carbocycles. The van der Waals surface area contributed by atoms with E-state index in [-0.39, 0.29) is 23.9 Å². The van der Waals surface area contributed by atoms with Crippen molar-refractivity contribution in [1.29, 1.82) is 0 Å². The molecule has 2 aliphatic heterocycles. The molecule has 0 aromatic carbocycles. The second kappa shape index (κ2) is 5.57. The minimum atomic E-state index is -0.908. The highest BCUT2D eigenvalue weighted by atomic mass is 16.3. The zero-order valence-electron chi connectivity index (χ0n) is 12.2. The number of aromatic amines is 1. The number of H-pyrrole nitrogens is 1. The number of rotatable bonds is 1. The van der Waals surface area contributed by atoms with Gasteiger partial charge in [-0.05, 0) is 25.3 Å². The Hall–Kier alpha value is -2.15. The Morgan fingerprint density at radius 1 is 1.36 bits per heavy atom. The van der Waals surface area contributed by atoms with Crippen LogP contribution in [0.4, 0.5) is 0 Å². The van der Waals surface area contributed by atoms with E-state index < -0.39 is 11.5 Å². The third kappa shape index (κ3) is 2.41. The number of nitrogens with one attached hydrogen (secondary N) is 2. The Morgan fingerprint density at radius 2 is 2.18 bits per heavy atom. The highest BCUT2D eigenvalue weighted by molar-refractivity contribution is 5.95. The van der Waals surface area contributed by atoms with Gasteiger partial charge in [0.05, 0.1) is 17.1 Å². The molecule has 0 unspecified atom stereocenters. The Morgan fingerprint density at radius 3 is 2.86 bits per heavy atom. The van der Waals surface area contributed by atoms with Gasteiger partial charge in [0.15, 0.2) is 0 Å². The summed E-state index contributed by atoms with van der Waals surface area (Å²) >= 11 is 0. The SMILES string of the molecule is O=C(c1ccc(=O)[nH]c1)N1CC[C@@H](O)[C@@]2(CCCNC2=O)C1. The van der Waals surface area contributed by atoms with Crippen LogP contribution in [-0.4, -0.2) is 52.5 Å². The van der Waals surface area contributed by atoms with E-state index in [0.717, 1.165) is 6.42 Å². The summed E-state index contributed by atoms with van der Waals surface area (Å²) in [6, 6.07) is 2.77. The Labute approximate surface area is 127 Å². The van der Waals surface area contributed by atoms with E-state index in [0.29, 0.717) is 31.5 Å². The molecule has 1 aromatic heterocycles. The predicted molar refractivity (Wildman–Crippen MR) is 78.3 cm³/mol. The highest BCUT2D eigenvalue weighted by Gasteiger charge is 2.50. The molecular weight excluding hydrogens is 286 g/mol. The molecule has 1 aromatic rings. The first kappa shape index (κ1) is 14.8. The van der Waals surface area contributed by atoms with Crippen molar-refractivity contribution >= 4 is 11.8 Å². The summed E-state index contributed by atoms with van der Waals surface area (Å²) in [6.07, 6.45) is 2.40. The van der Waals surface area contributed by atoms with Crippen LogP contribution in [0.2, 0.25) is 0 Å². The molecule has 22 heavy (non-hydrogen) atoms. The zero-order valence-corrected chi connectivity index (χ0v) is 12.2. The number of amides is 2. The lowest BCUT2D eigenvalue weighted by Gasteiger charge is -2.46. The summed E-state index contributed by atoms with van der Waals surface area (Å²) < 4.78 is 0. The molecule has 7 heteroatoms. The number of hydrogen-bond acceptors (Lipinski definition) is 4. The number of nitrogens with zero attached hydrogens (tertiary/aromatic N) is 1. The van der Waals surface area contributed by atoms with Crippen LogP contribution in [-0.2, 0) is 4.79 Å². The average Bonchev–Trinajstić information content (AvgIpc) is 2.53. The lowest BCUT2D eigenvalue weighted by molar-refractivity contribution is -0.147.